The quantitative estimate of drug-likeness (QED) is 0.552. The van der Waals surface area contributed by atoms with E-state index in [1.165, 1.54) is 11.8 Å². The lowest BCUT2D eigenvalue weighted by atomic mass is 10.4. The molecular weight excluding hydrogens is 350 g/mol. The maximum absolute atomic E-state index is 12.2. The summed E-state index contributed by atoms with van der Waals surface area (Å²) in [5, 5.41) is 0.912. The molecule has 2 aromatic rings. The maximum Gasteiger partial charge on any atom is 0.230 e. The van der Waals surface area contributed by atoms with Gasteiger partial charge in [0.25, 0.3) is 0 Å². The fourth-order valence-corrected chi connectivity index (χ4v) is 7.07. The highest BCUT2D eigenvalue weighted by Crippen LogP contribution is 2.41. The van der Waals surface area contributed by atoms with Crippen molar-refractivity contribution in [1.29, 1.82) is 0 Å². The normalized spacial score (nSPS) is 16.4. The van der Waals surface area contributed by atoms with E-state index in [1.54, 1.807) is 60.7 Å². The molecule has 2 N–H and O–H groups in total. The van der Waals surface area contributed by atoms with Crippen LogP contribution >= 0.6 is 26.5 Å². The van der Waals surface area contributed by atoms with Crippen molar-refractivity contribution >= 4 is 37.1 Å². The second-order valence-corrected chi connectivity index (χ2v) is 11.1. The Kier molecular flexibility index (Phi) is 6.70. The van der Waals surface area contributed by atoms with Gasteiger partial charge < -0.3 is 9.79 Å². The second kappa shape index (κ2) is 8.32. The van der Waals surface area contributed by atoms with E-state index in [-0.39, 0.29) is 12.3 Å². The minimum Gasteiger partial charge on any atom is -0.341 e. The molecule has 0 amide bonds. The molecule has 4 nitrogen and oxygen atoms in total. The van der Waals surface area contributed by atoms with Gasteiger partial charge in [-0.3, -0.25) is 9.13 Å². The van der Waals surface area contributed by atoms with Gasteiger partial charge in [-0.05, 0) is 24.3 Å². The first kappa shape index (κ1) is 18.5. The molecule has 0 saturated heterocycles. The highest BCUT2D eigenvalue weighted by molar-refractivity contribution is 8.00. The van der Waals surface area contributed by atoms with Crippen molar-refractivity contribution in [3.05, 3.63) is 60.7 Å². The molecule has 0 fully saturated rings. The molecule has 0 aliphatic heterocycles. The smallest absolute Gasteiger partial charge is 0.230 e. The van der Waals surface area contributed by atoms with Gasteiger partial charge in [0.15, 0.2) is 0 Å². The SMILES string of the molecule is O=P(O)(CCSCCP(=O)(O)c1ccccc1)c1ccccc1. The van der Waals surface area contributed by atoms with Crippen LogP contribution in [0, 0.1) is 0 Å². The van der Waals surface area contributed by atoms with Gasteiger partial charge >= 0.3 is 0 Å². The van der Waals surface area contributed by atoms with Crippen molar-refractivity contribution in [3.8, 4) is 0 Å². The van der Waals surface area contributed by atoms with E-state index < -0.39 is 14.7 Å². The van der Waals surface area contributed by atoms with Crippen LogP contribution in [0.25, 0.3) is 0 Å². The summed E-state index contributed by atoms with van der Waals surface area (Å²) in [6.45, 7) is 0. The molecule has 0 spiro atoms. The molecule has 124 valence electrons. The Hall–Kier alpha value is -0.830. The molecule has 2 unspecified atom stereocenters. The number of rotatable bonds is 8. The van der Waals surface area contributed by atoms with E-state index in [1.807, 2.05) is 0 Å². The van der Waals surface area contributed by atoms with Crippen molar-refractivity contribution < 1.29 is 18.9 Å². The predicted molar refractivity (Wildman–Crippen MR) is 98.9 cm³/mol. The standard InChI is InChI=1S/C16H20O4P2S/c17-21(18,15-7-3-1-4-8-15)11-13-23-14-12-22(19,20)16-9-5-2-6-10-16/h1-10H,11-14H2,(H,17,18)(H,19,20). The highest BCUT2D eigenvalue weighted by atomic mass is 32.2. The summed E-state index contributed by atoms with van der Waals surface area (Å²) < 4.78 is 24.5. The Morgan fingerprint density at radius 2 is 1.04 bits per heavy atom. The Balaban J connectivity index is 1.78. The zero-order valence-electron chi connectivity index (χ0n) is 12.6. The van der Waals surface area contributed by atoms with Gasteiger partial charge in [0, 0.05) is 34.4 Å². The van der Waals surface area contributed by atoms with Crippen LogP contribution in [0.2, 0.25) is 0 Å². The van der Waals surface area contributed by atoms with Gasteiger partial charge in [-0.1, -0.05) is 36.4 Å². The lowest BCUT2D eigenvalue weighted by Crippen LogP contribution is -2.10. The van der Waals surface area contributed by atoms with E-state index in [0.29, 0.717) is 22.1 Å². The largest absolute Gasteiger partial charge is 0.341 e. The summed E-state index contributed by atoms with van der Waals surface area (Å²) in [4.78, 5) is 20.1. The first-order valence-electron chi connectivity index (χ1n) is 7.24. The number of benzene rings is 2. The summed E-state index contributed by atoms with van der Waals surface area (Å²) in [7, 11) is -6.67. The molecule has 0 saturated carbocycles. The molecule has 7 heteroatoms. The molecule has 2 rings (SSSR count). The minimum absolute atomic E-state index is 0.169. The van der Waals surface area contributed by atoms with Gasteiger partial charge in [0.2, 0.25) is 14.7 Å². The summed E-state index contributed by atoms with van der Waals surface area (Å²) in [6, 6.07) is 17.2. The van der Waals surface area contributed by atoms with Crippen LogP contribution in [0.1, 0.15) is 0 Å². The molecule has 0 heterocycles. The lowest BCUT2D eigenvalue weighted by Gasteiger charge is -2.13. The third kappa shape index (κ3) is 5.63. The van der Waals surface area contributed by atoms with Crippen LogP contribution in [-0.2, 0) is 9.13 Å². The van der Waals surface area contributed by atoms with Crippen LogP contribution < -0.4 is 10.6 Å². The fourth-order valence-electron chi connectivity index (χ4n) is 2.06. The fraction of sp³-hybridized carbons (Fsp3) is 0.250. The molecule has 0 aliphatic carbocycles. The molecule has 0 aromatic heterocycles. The molecule has 0 bridgehead atoms. The van der Waals surface area contributed by atoms with Gasteiger partial charge in [-0.25, -0.2) is 0 Å². The van der Waals surface area contributed by atoms with Crippen molar-refractivity contribution in [2.75, 3.05) is 23.8 Å². The van der Waals surface area contributed by atoms with Crippen LogP contribution in [0.5, 0.6) is 0 Å². The van der Waals surface area contributed by atoms with Crippen molar-refractivity contribution in [1.82, 2.24) is 0 Å². The van der Waals surface area contributed by atoms with Gasteiger partial charge in [0.1, 0.15) is 0 Å². The summed E-state index contributed by atoms with van der Waals surface area (Å²) in [5.74, 6) is 0.967. The first-order valence-corrected chi connectivity index (χ1v) is 12.1. The Morgan fingerprint density at radius 1 is 0.696 bits per heavy atom. The monoisotopic (exact) mass is 370 g/mol. The van der Waals surface area contributed by atoms with E-state index in [2.05, 4.69) is 0 Å². The van der Waals surface area contributed by atoms with Gasteiger partial charge in [-0.15, -0.1) is 0 Å². The molecular formula is C16H20O4P2S. The van der Waals surface area contributed by atoms with Crippen molar-refractivity contribution in [2.45, 2.75) is 0 Å². The highest BCUT2D eigenvalue weighted by Gasteiger charge is 2.22. The molecule has 0 radical (unpaired) electrons. The lowest BCUT2D eigenvalue weighted by molar-refractivity contribution is 0.490. The van der Waals surface area contributed by atoms with Crippen molar-refractivity contribution in [2.24, 2.45) is 0 Å². The number of hydrogen-bond acceptors (Lipinski definition) is 3. The second-order valence-electron chi connectivity index (χ2n) is 5.13. The van der Waals surface area contributed by atoms with Crippen molar-refractivity contribution in [3.63, 3.8) is 0 Å². The Bertz CT molecular complexity index is 645. The van der Waals surface area contributed by atoms with Crippen LogP contribution in [0.15, 0.2) is 60.7 Å². The summed E-state index contributed by atoms with van der Waals surface area (Å²) >= 11 is 1.43. The molecule has 0 aliphatic rings. The zero-order chi connectivity index (χ0) is 16.8. The third-order valence-electron chi connectivity index (χ3n) is 3.40. The average Bonchev–Trinajstić information content (AvgIpc) is 2.56. The topological polar surface area (TPSA) is 74.6 Å². The first-order chi connectivity index (χ1) is 10.9. The van der Waals surface area contributed by atoms with Gasteiger partial charge in [0.05, 0.1) is 0 Å². The van der Waals surface area contributed by atoms with E-state index >= 15 is 0 Å². The number of thioether (sulfide) groups is 1. The Morgan fingerprint density at radius 3 is 1.39 bits per heavy atom. The zero-order valence-corrected chi connectivity index (χ0v) is 15.2. The van der Waals surface area contributed by atoms with Gasteiger partial charge in [-0.2, -0.15) is 11.8 Å². The van der Waals surface area contributed by atoms with Crippen LogP contribution in [0.3, 0.4) is 0 Å². The van der Waals surface area contributed by atoms with E-state index in [9.17, 15) is 18.9 Å². The molecule has 2 aromatic carbocycles. The maximum atomic E-state index is 12.2. The molecule has 2 atom stereocenters. The third-order valence-corrected chi connectivity index (χ3v) is 8.86. The molecule has 23 heavy (non-hydrogen) atoms. The predicted octanol–water partition coefficient (Wildman–Crippen LogP) is 2.91. The average molecular weight is 370 g/mol. The Labute approximate surface area is 140 Å². The van der Waals surface area contributed by atoms with E-state index in [4.69, 9.17) is 0 Å². The summed E-state index contributed by atoms with van der Waals surface area (Å²) in [5.41, 5.74) is 0. The van der Waals surface area contributed by atoms with Crippen LogP contribution in [-0.4, -0.2) is 33.6 Å². The van der Waals surface area contributed by atoms with E-state index in [0.717, 1.165) is 0 Å². The summed E-state index contributed by atoms with van der Waals surface area (Å²) in [6.07, 6.45) is 0.339. The van der Waals surface area contributed by atoms with Crippen LogP contribution in [0.4, 0.5) is 0 Å². The number of hydrogen-bond donors (Lipinski definition) is 2. The minimum atomic E-state index is -3.34.